The van der Waals surface area contributed by atoms with Gasteiger partial charge in [0.15, 0.2) is 5.82 Å². The number of rotatable bonds is 7. The van der Waals surface area contributed by atoms with Crippen molar-refractivity contribution in [2.24, 2.45) is 7.05 Å². The predicted molar refractivity (Wildman–Crippen MR) is 170 cm³/mol. The lowest BCUT2D eigenvalue weighted by atomic mass is 10.1. The first-order valence-corrected chi connectivity index (χ1v) is 15.3. The van der Waals surface area contributed by atoms with E-state index in [1.807, 2.05) is 4.68 Å². The van der Waals surface area contributed by atoms with Crippen LogP contribution in [0, 0.1) is 6.92 Å². The van der Waals surface area contributed by atoms with Crippen LogP contribution < -0.4 is 16.6 Å². The summed E-state index contributed by atoms with van der Waals surface area (Å²) in [5, 5.41) is 8.07. The van der Waals surface area contributed by atoms with Crippen molar-refractivity contribution in [3.8, 4) is 28.5 Å². The summed E-state index contributed by atoms with van der Waals surface area (Å²) in [6.07, 6.45) is 8.46. The van der Waals surface area contributed by atoms with E-state index < -0.39 is 11.5 Å². The second kappa shape index (κ2) is 11.6. The number of pyridine rings is 1. The highest BCUT2D eigenvalue weighted by Crippen LogP contribution is 2.43. The van der Waals surface area contributed by atoms with Crippen LogP contribution in [0.1, 0.15) is 66.0 Å². The fourth-order valence-corrected chi connectivity index (χ4v) is 5.96. The Bertz CT molecular complexity index is 1970. The number of aromatic nitrogens is 7. The summed E-state index contributed by atoms with van der Waals surface area (Å²) in [7, 11) is 1.70. The zero-order chi connectivity index (χ0) is 31.2. The van der Waals surface area contributed by atoms with Gasteiger partial charge in [-0.2, -0.15) is 5.10 Å². The van der Waals surface area contributed by atoms with Crippen LogP contribution in [0.4, 0.5) is 11.5 Å². The fourth-order valence-electron chi connectivity index (χ4n) is 5.74. The van der Waals surface area contributed by atoms with E-state index in [-0.39, 0.29) is 17.6 Å². The molecule has 12 nitrogen and oxygen atoms in total. The molecule has 2 aliphatic rings. The molecule has 1 aliphatic heterocycles. The monoisotopic (exact) mass is 625 g/mol. The van der Waals surface area contributed by atoms with Crippen molar-refractivity contribution >= 4 is 29.0 Å². The van der Waals surface area contributed by atoms with Gasteiger partial charge in [-0.15, -0.1) is 0 Å². The van der Waals surface area contributed by atoms with Gasteiger partial charge in [0.1, 0.15) is 28.9 Å². The summed E-state index contributed by atoms with van der Waals surface area (Å²) in [5.74, 6) is 0.153. The van der Waals surface area contributed by atoms with E-state index in [4.69, 9.17) is 32.2 Å². The van der Waals surface area contributed by atoms with Crippen LogP contribution in [0.25, 0.3) is 28.5 Å². The zero-order valence-corrected chi connectivity index (χ0v) is 25.7. The molecule has 45 heavy (non-hydrogen) atoms. The molecule has 4 aromatic heterocycles. The van der Waals surface area contributed by atoms with Gasteiger partial charge in [0.25, 0.3) is 11.5 Å². The quantitative estimate of drug-likeness (QED) is 0.249. The maximum absolute atomic E-state index is 13.3. The molecule has 1 unspecified atom stereocenters. The number of nitrogens with zero attached hydrogens (tertiary/aromatic N) is 7. The third-order valence-electron chi connectivity index (χ3n) is 8.38. The second-order valence-corrected chi connectivity index (χ2v) is 11.8. The molecule has 1 amide bonds. The highest BCUT2D eigenvalue weighted by Gasteiger charge is 2.32. The van der Waals surface area contributed by atoms with E-state index in [9.17, 15) is 9.59 Å². The predicted octanol–water partition coefficient (Wildman–Crippen LogP) is 5.26. The summed E-state index contributed by atoms with van der Waals surface area (Å²) in [6.45, 7) is 2.45. The topological polar surface area (TPSA) is 148 Å². The van der Waals surface area contributed by atoms with Crippen LogP contribution in [0.5, 0.6) is 0 Å². The van der Waals surface area contributed by atoms with Gasteiger partial charge >= 0.3 is 0 Å². The number of anilines is 2. The Labute approximate surface area is 263 Å². The van der Waals surface area contributed by atoms with Gasteiger partial charge in [0.2, 0.25) is 0 Å². The van der Waals surface area contributed by atoms with Gasteiger partial charge in [-0.05, 0) is 69.4 Å². The van der Waals surface area contributed by atoms with Crippen LogP contribution >= 0.6 is 11.6 Å². The van der Waals surface area contributed by atoms with Crippen molar-refractivity contribution in [3.05, 3.63) is 87.2 Å². The minimum atomic E-state index is -0.557. The first kappa shape index (κ1) is 28.9. The number of nitrogens with two attached hydrogens (primary N) is 1. The standard InChI is InChI=1S/C32H32ClN9O3/c1-18-28(32(44)42(40(18)2)25-8-4-3-7-21(25)33)31(43)37-20-12-13-22(35-16-20)29-30(34)36-17-24(38-29)23-15-26(19-10-11-19)41(39-23)27-9-5-6-14-45-27/h3-4,7-8,12-13,15-17,19,27H,5-6,9-11,14H2,1-2H3,(H2,34,36)(H,37,43). The number of para-hydroxylation sites is 1. The largest absolute Gasteiger partial charge is 0.382 e. The number of ether oxygens (including phenoxy) is 1. The number of nitrogens with one attached hydrogen (secondary N) is 1. The van der Waals surface area contributed by atoms with Crippen molar-refractivity contribution < 1.29 is 9.53 Å². The summed E-state index contributed by atoms with van der Waals surface area (Å²) in [5.41, 5.74) is 10.5. The molecule has 7 rings (SSSR count). The second-order valence-electron chi connectivity index (χ2n) is 11.4. The first-order chi connectivity index (χ1) is 21.8. The Hall–Kier alpha value is -4.81. The smallest absolute Gasteiger partial charge is 0.284 e. The lowest BCUT2D eigenvalue weighted by molar-refractivity contribution is -0.0410. The van der Waals surface area contributed by atoms with Gasteiger partial charge in [0.05, 0.1) is 40.2 Å². The molecule has 1 aliphatic carbocycles. The Balaban J connectivity index is 1.14. The minimum absolute atomic E-state index is 0.00735. The Morgan fingerprint density at radius 1 is 1.04 bits per heavy atom. The molecule has 0 radical (unpaired) electrons. The van der Waals surface area contributed by atoms with Crippen molar-refractivity contribution in [2.75, 3.05) is 17.7 Å². The average molecular weight is 626 g/mol. The van der Waals surface area contributed by atoms with Crippen molar-refractivity contribution in [2.45, 2.75) is 51.2 Å². The maximum Gasteiger partial charge on any atom is 0.284 e. The third kappa shape index (κ3) is 5.40. The molecule has 0 spiro atoms. The highest BCUT2D eigenvalue weighted by atomic mass is 35.5. The number of carbonyl (C=O) groups excluding carboxylic acids is 1. The van der Waals surface area contributed by atoms with Crippen molar-refractivity contribution in [1.29, 1.82) is 0 Å². The van der Waals surface area contributed by atoms with Crippen LogP contribution in [0.15, 0.2) is 59.7 Å². The lowest BCUT2D eigenvalue weighted by Crippen LogP contribution is -2.25. The van der Waals surface area contributed by atoms with Gasteiger partial charge < -0.3 is 15.8 Å². The molecule has 3 N–H and O–H groups in total. The zero-order valence-electron chi connectivity index (χ0n) is 24.9. The minimum Gasteiger partial charge on any atom is -0.382 e. The summed E-state index contributed by atoms with van der Waals surface area (Å²) in [4.78, 5) is 40.3. The number of carbonyl (C=O) groups is 1. The lowest BCUT2D eigenvalue weighted by Gasteiger charge is -2.24. The van der Waals surface area contributed by atoms with Crippen LogP contribution in [0.3, 0.4) is 0 Å². The first-order valence-electron chi connectivity index (χ1n) is 15.0. The number of hydrogen-bond donors (Lipinski definition) is 2. The van der Waals surface area contributed by atoms with Crippen LogP contribution in [0.2, 0.25) is 5.02 Å². The number of benzene rings is 1. The maximum atomic E-state index is 13.3. The highest BCUT2D eigenvalue weighted by molar-refractivity contribution is 6.32. The normalized spacial score (nSPS) is 16.6. The van der Waals surface area contributed by atoms with Crippen molar-refractivity contribution in [3.63, 3.8) is 0 Å². The van der Waals surface area contributed by atoms with Gasteiger partial charge in [-0.25, -0.2) is 19.3 Å². The number of hydrogen-bond acceptors (Lipinski definition) is 8. The number of nitrogen functional groups attached to an aromatic ring is 1. The van der Waals surface area contributed by atoms with E-state index >= 15 is 0 Å². The van der Waals surface area contributed by atoms with Crippen LogP contribution in [-0.4, -0.2) is 46.6 Å². The van der Waals surface area contributed by atoms with E-state index in [0.29, 0.717) is 50.8 Å². The molecular formula is C32H32ClN9O3. The van der Waals surface area contributed by atoms with Gasteiger partial charge in [0, 0.05) is 25.3 Å². The molecule has 1 aromatic carbocycles. The van der Waals surface area contributed by atoms with Gasteiger partial charge in [-0.3, -0.25) is 19.3 Å². The molecule has 230 valence electrons. The fraction of sp³-hybridized carbons (Fsp3) is 0.312. The Kier molecular flexibility index (Phi) is 7.46. The van der Waals surface area contributed by atoms with E-state index in [1.165, 1.54) is 16.6 Å². The number of halogens is 1. The number of amides is 1. The average Bonchev–Trinajstić information content (AvgIpc) is 3.76. The SMILES string of the molecule is Cc1c(C(=O)Nc2ccc(-c3nc(-c4cc(C5CC5)n(C5CCCCO5)n4)cnc3N)nc2)c(=O)n(-c2ccccc2Cl)n1C. The molecule has 13 heteroatoms. The third-order valence-corrected chi connectivity index (χ3v) is 8.70. The Morgan fingerprint density at radius 3 is 2.58 bits per heavy atom. The molecule has 1 saturated carbocycles. The molecular weight excluding hydrogens is 594 g/mol. The summed E-state index contributed by atoms with van der Waals surface area (Å²) < 4.78 is 11.0. The van der Waals surface area contributed by atoms with E-state index in [2.05, 4.69) is 21.4 Å². The Morgan fingerprint density at radius 2 is 1.87 bits per heavy atom. The summed E-state index contributed by atoms with van der Waals surface area (Å²) >= 11 is 6.34. The van der Waals surface area contributed by atoms with E-state index in [1.54, 1.807) is 61.2 Å². The molecule has 1 atom stereocenters. The van der Waals surface area contributed by atoms with E-state index in [0.717, 1.165) is 38.7 Å². The molecule has 5 aromatic rings. The molecule has 5 heterocycles. The molecule has 1 saturated heterocycles. The van der Waals surface area contributed by atoms with Crippen molar-refractivity contribution in [1.82, 2.24) is 34.1 Å². The molecule has 2 fully saturated rings. The summed E-state index contributed by atoms with van der Waals surface area (Å²) in [6, 6.07) is 12.4. The van der Waals surface area contributed by atoms with Crippen LogP contribution in [-0.2, 0) is 11.8 Å². The van der Waals surface area contributed by atoms with Gasteiger partial charge in [-0.1, -0.05) is 23.7 Å². The molecule has 0 bridgehead atoms.